The van der Waals surface area contributed by atoms with E-state index in [0.717, 1.165) is 6.92 Å². The van der Waals surface area contributed by atoms with E-state index in [1.54, 1.807) is 24.9 Å². The van der Waals surface area contributed by atoms with Crippen molar-refractivity contribution in [2.45, 2.75) is 26.7 Å². The van der Waals surface area contributed by atoms with Gasteiger partial charge in [0.05, 0.1) is 30.4 Å². The van der Waals surface area contributed by atoms with Crippen molar-refractivity contribution in [2.75, 3.05) is 17.2 Å². The van der Waals surface area contributed by atoms with Crippen LogP contribution in [0.1, 0.15) is 26.6 Å². The first-order chi connectivity index (χ1) is 14.2. The number of nitrogens with zero attached hydrogens (tertiary/aromatic N) is 5. The molecule has 0 bridgehead atoms. The monoisotopic (exact) mass is 417 g/mol. The number of alkyl halides is 2. The Bertz CT molecular complexity index is 1060. The lowest BCUT2D eigenvalue weighted by Crippen LogP contribution is -2.14. The number of pyridine rings is 1. The summed E-state index contributed by atoms with van der Waals surface area (Å²) in [5.74, 6) is -3.42. The Kier molecular flexibility index (Phi) is 5.90. The van der Waals surface area contributed by atoms with Crippen LogP contribution in [-0.2, 0) is 17.8 Å². The van der Waals surface area contributed by atoms with Gasteiger partial charge in [0.2, 0.25) is 11.7 Å². The van der Waals surface area contributed by atoms with Gasteiger partial charge in [-0.25, -0.2) is 15.0 Å². The average molecular weight is 417 g/mol. The predicted molar refractivity (Wildman–Crippen MR) is 107 cm³/mol. The zero-order valence-electron chi connectivity index (χ0n) is 16.9. The van der Waals surface area contributed by atoms with E-state index in [1.165, 1.54) is 31.5 Å². The highest BCUT2D eigenvalue weighted by Gasteiger charge is 2.29. The fourth-order valence-electron chi connectivity index (χ4n) is 2.61. The van der Waals surface area contributed by atoms with Crippen LogP contribution in [0.25, 0.3) is 11.3 Å². The predicted octanol–water partition coefficient (Wildman–Crippen LogP) is 3.48. The Morgan fingerprint density at radius 3 is 2.60 bits per heavy atom. The van der Waals surface area contributed by atoms with Crippen molar-refractivity contribution >= 4 is 23.2 Å². The van der Waals surface area contributed by atoms with Crippen LogP contribution in [0.4, 0.5) is 26.1 Å². The van der Waals surface area contributed by atoms with Crippen LogP contribution < -0.4 is 15.4 Å². The number of nitrogens with one attached hydrogen (secondary N) is 2. The molecular weight excluding hydrogens is 396 g/mol. The average Bonchev–Trinajstić information content (AvgIpc) is 3.09. The topological polar surface area (TPSA) is 107 Å². The summed E-state index contributed by atoms with van der Waals surface area (Å²) in [6, 6.07) is 3.06. The zero-order valence-corrected chi connectivity index (χ0v) is 16.9. The van der Waals surface area contributed by atoms with Gasteiger partial charge in [0.25, 0.3) is 0 Å². The highest BCUT2D eigenvalue weighted by atomic mass is 19.3. The summed E-state index contributed by atoms with van der Waals surface area (Å²) in [5, 5.41) is 9.60. The minimum atomic E-state index is -3.25. The molecule has 11 heteroatoms. The summed E-state index contributed by atoms with van der Waals surface area (Å²) in [6.45, 7) is 4.24. The summed E-state index contributed by atoms with van der Waals surface area (Å²) in [4.78, 5) is 23.4. The minimum Gasteiger partial charge on any atom is -0.490 e. The van der Waals surface area contributed by atoms with Crippen LogP contribution >= 0.6 is 0 Å². The van der Waals surface area contributed by atoms with E-state index < -0.39 is 11.7 Å². The molecule has 0 aliphatic carbocycles. The van der Waals surface area contributed by atoms with Gasteiger partial charge < -0.3 is 15.4 Å². The van der Waals surface area contributed by atoms with E-state index in [-0.39, 0.29) is 23.2 Å². The normalized spacial score (nSPS) is 11.3. The Labute approximate surface area is 171 Å². The van der Waals surface area contributed by atoms with Gasteiger partial charge in [-0.15, -0.1) is 0 Å². The Morgan fingerprint density at radius 1 is 1.23 bits per heavy atom. The van der Waals surface area contributed by atoms with Gasteiger partial charge in [-0.1, -0.05) is 0 Å². The molecule has 0 saturated carbocycles. The van der Waals surface area contributed by atoms with Crippen LogP contribution in [0.3, 0.4) is 0 Å². The standard InChI is InChI=1S/C19H21F2N7O2/c1-5-30-15-9-22-16(24-11(2)29)7-14(15)25-17-6-13(12-8-23-28(4)10-12)26-18(27-17)19(3,20)21/h6-10H,5H2,1-4H3,(H2,22,24,25,26,27,29). The van der Waals surface area contributed by atoms with E-state index in [9.17, 15) is 13.6 Å². The van der Waals surface area contributed by atoms with Gasteiger partial charge in [-0.3, -0.25) is 9.48 Å². The molecule has 0 radical (unpaired) electrons. The van der Waals surface area contributed by atoms with Gasteiger partial charge in [-0.2, -0.15) is 13.9 Å². The molecule has 0 saturated heterocycles. The lowest BCUT2D eigenvalue weighted by atomic mass is 10.2. The molecule has 3 aromatic rings. The first-order valence-corrected chi connectivity index (χ1v) is 9.09. The Morgan fingerprint density at radius 2 is 2.00 bits per heavy atom. The number of anilines is 3. The molecule has 0 fully saturated rings. The maximum absolute atomic E-state index is 14.0. The van der Waals surface area contributed by atoms with E-state index in [1.807, 2.05) is 0 Å². The van der Waals surface area contributed by atoms with Gasteiger partial charge in [0.1, 0.15) is 11.6 Å². The summed E-state index contributed by atoms with van der Waals surface area (Å²) >= 11 is 0. The van der Waals surface area contributed by atoms with E-state index in [4.69, 9.17) is 4.74 Å². The molecule has 0 aliphatic rings. The third-order valence-corrected chi connectivity index (χ3v) is 3.85. The van der Waals surface area contributed by atoms with Crippen molar-refractivity contribution < 1.29 is 18.3 Å². The number of aromatic nitrogens is 5. The molecule has 30 heavy (non-hydrogen) atoms. The number of carbonyl (C=O) groups is 1. The largest absolute Gasteiger partial charge is 0.490 e. The molecule has 3 aromatic heterocycles. The van der Waals surface area contributed by atoms with Crippen molar-refractivity contribution in [2.24, 2.45) is 7.05 Å². The molecule has 3 heterocycles. The number of carbonyl (C=O) groups excluding carboxylic acids is 1. The molecule has 0 aliphatic heterocycles. The SMILES string of the molecule is CCOc1cnc(NC(C)=O)cc1Nc1cc(-c2cnn(C)c2)nc(C(C)(F)F)n1. The van der Waals surface area contributed by atoms with E-state index in [2.05, 4.69) is 30.7 Å². The third kappa shape index (κ3) is 5.04. The molecule has 3 rings (SSSR count). The molecule has 2 N–H and O–H groups in total. The first-order valence-electron chi connectivity index (χ1n) is 9.09. The summed E-state index contributed by atoms with van der Waals surface area (Å²) < 4.78 is 35.1. The fraction of sp³-hybridized carbons (Fsp3) is 0.316. The number of hydrogen-bond donors (Lipinski definition) is 2. The third-order valence-electron chi connectivity index (χ3n) is 3.85. The van der Waals surface area contributed by atoms with Gasteiger partial charge in [-0.05, 0) is 6.92 Å². The van der Waals surface area contributed by atoms with Crippen molar-refractivity contribution in [3.05, 3.63) is 36.5 Å². The molecule has 9 nitrogen and oxygen atoms in total. The van der Waals surface area contributed by atoms with E-state index in [0.29, 0.717) is 23.6 Å². The van der Waals surface area contributed by atoms with Gasteiger partial charge in [0.15, 0.2) is 5.75 Å². The number of rotatable bonds is 7. The highest BCUT2D eigenvalue weighted by molar-refractivity contribution is 5.88. The lowest BCUT2D eigenvalue weighted by molar-refractivity contribution is -0.114. The second kappa shape index (κ2) is 8.39. The number of amides is 1. The fourth-order valence-corrected chi connectivity index (χ4v) is 2.61. The zero-order chi connectivity index (χ0) is 21.9. The lowest BCUT2D eigenvalue weighted by Gasteiger charge is -2.16. The summed E-state index contributed by atoms with van der Waals surface area (Å²) in [5.41, 5.74) is 1.25. The summed E-state index contributed by atoms with van der Waals surface area (Å²) in [6.07, 6.45) is 4.61. The Hall–Kier alpha value is -3.63. The van der Waals surface area contributed by atoms with Crippen LogP contribution in [0, 0.1) is 0 Å². The van der Waals surface area contributed by atoms with Gasteiger partial charge in [0, 0.05) is 44.8 Å². The number of hydrogen-bond acceptors (Lipinski definition) is 7. The summed E-state index contributed by atoms with van der Waals surface area (Å²) in [7, 11) is 1.72. The number of aryl methyl sites for hydroxylation is 1. The minimum absolute atomic E-state index is 0.126. The highest BCUT2D eigenvalue weighted by Crippen LogP contribution is 2.32. The van der Waals surface area contributed by atoms with E-state index >= 15 is 0 Å². The molecule has 1 amide bonds. The first kappa shape index (κ1) is 21.1. The molecular formula is C19H21F2N7O2. The van der Waals surface area contributed by atoms with Crippen LogP contribution in [0.5, 0.6) is 5.75 Å². The number of ether oxygens (including phenoxy) is 1. The Balaban J connectivity index is 2.05. The number of halogens is 2. The maximum Gasteiger partial charge on any atom is 0.303 e. The van der Waals surface area contributed by atoms with Crippen LogP contribution in [0.2, 0.25) is 0 Å². The molecule has 158 valence electrons. The second-order valence-electron chi connectivity index (χ2n) is 6.56. The molecule has 0 unspecified atom stereocenters. The van der Waals surface area contributed by atoms with Crippen LogP contribution in [-0.4, -0.2) is 37.2 Å². The van der Waals surface area contributed by atoms with Crippen molar-refractivity contribution in [1.29, 1.82) is 0 Å². The smallest absolute Gasteiger partial charge is 0.303 e. The van der Waals surface area contributed by atoms with Crippen molar-refractivity contribution in [3.8, 4) is 17.0 Å². The van der Waals surface area contributed by atoms with Crippen molar-refractivity contribution in [1.82, 2.24) is 24.7 Å². The molecule has 0 aromatic carbocycles. The quantitative estimate of drug-likeness (QED) is 0.606. The van der Waals surface area contributed by atoms with Gasteiger partial charge >= 0.3 is 5.92 Å². The molecule has 0 atom stereocenters. The molecule has 0 spiro atoms. The van der Waals surface area contributed by atoms with Crippen molar-refractivity contribution in [3.63, 3.8) is 0 Å². The second-order valence-corrected chi connectivity index (χ2v) is 6.56. The maximum atomic E-state index is 14.0. The van der Waals surface area contributed by atoms with Crippen LogP contribution in [0.15, 0.2) is 30.7 Å².